The van der Waals surface area contributed by atoms with Gasteiger partial charge in [-0.15, -0.1) is 11.3 Å². The van der Waals surface area contributed by atoms with E-state index in [2.05, 4.69) is 31.6 Å². The zero-order chi connectivity index (χ0) is 12.5. The summed E-state index contributed by atoms with van der Waals surface area (Å²) in [5.74, 6) is 0. The molecule has 5 heteroatoms. The molecule has 0 aliphatic heterocycles. The fourth-order valence-corrected chi connectivity index (χ4v) is 3.25. The van der Waals surface area contributed by atoms with E-state index in [9.17, 15) is 0 Å². The lowest BCUT2D eigenvalue weighted by atomic mass is 10.2. The number of hydrogen-bond acceptors (Lipinski definition) is 3. The minimum Gasteiger partial charge on any atom is -0.308 e. The molecule has 1 N–H and O–H groups in total. The normalized spacial score (nSPS) is 15.0. The first kappa shape index (κ1) is 12.6. The average molecular weight is 344 g/mol. The van der Waals surface area contributed by atoms with Crippen LogP contribution in [0.25, 0.3) is 11.3 Å². The largest absolute Gasteiger partial charge is 0.308 e. The Morgan fingerprint density at radius 2 is 2.28 bits per heavy atom. The van der Waals surface area contributed by atoms with Gasteiger partial charge in [-0.1, -0.05) is 33.6 Å². The third-order valence-corrected chi connectivity index (χ3v) is 4.53. The number of nitrogens with zero attached hydrogens (tertiary/aromatic N) is 1. The quantitative estimate of drug-likeness (QED) is 0.885. The molecule has 1 aliphatic rings. The maximum atomic E-state index is 6.23. The van der Waals surface area contributed by atoms with Crippen LogP contribution in [0.1, 0.15) is 17.8 Å². The fraction of sp³-hybridized carbons (Fsp3) is 0.308. The van der Waals surface area contributed by atoms with Crippen LogP contribution in [0.3, 0.4) is 0 Å². The Balaban J connectivity index is 1.78. The third kappa shape index (κ3) is 2.94. The van der Waals surface area contributed by atoms with Gasteiger partial charge in [-0.2, -0.15) is 0 Å². The van der Waals surface area contributed by atoms with Crippen molar-refractivity contribution < 1.29 is 0 Å². The molecule has 0 radical (unpaired) electrons. The van der Waals surface area contributed by atoms with Crippen LogP contribution < -0.4 is 5.32 Å². The van der Waals surface area contributed by atoms with E-state index < -0.39 is 0 Å². The SMILES string of the molecule is Clc1cc(Br)ccc1-c1csc(CNC2CC2)n1. The Bertz CT molecular complexity index is 566. The van der Waals surface area contributed by atoms with Gasteiger partial charge in [-0.3, -0.25) is 0 Å². The Morgan fingerprint density at radius 1 is 1.44 bits per heavy atom. The van der Waals surface area contributed by atoms with Crippen LogP contribution in [-0.4, -0.2) is 11.0 Å². The number of aromatic nitrogens is 1. The second kappa shape index (κ2) is 5.29. The molecule has 1 aromatic carbocycles. The maximum Gasteiger partial charge on any atom is 0.107 e. The molecule has 0 bridgehead atoms. The molecule has 1 aliphatic carbocycles. The monoisotopic (exact) mass is 342 g/mol. The number of thiazole rings is 1. The van der Waals surface area contributed by atoms with Crippen LogP contribution in [0.5, 0.6) is 0 Å². The summed E-state index contributed by atoms with van der Waals surface area (Å²) in [5, 5.41) is 7.39. The van der Waals surface area contributed by atoms with Gasteiger partial charge in [0.2, 0.25) is 0 Å². The molecule has 1 fully saturated rings. The van der Waals surface area contributed by atoms with Crippen LogP contribution >= 0.6 is 38.9 Å². The highest BCUT2D eigenvalue weighted by atomic mass is 79.9. The third-order valence-electron chi connectivity index (χ3n) is 2.88. The second-order valence-electron chi connectivity index (χ2n) is 4.41. The van der Waals surface area contributed by atoms with Gasteiger partial charge in [0, 0.05) is 28.0 Å². The molecule has 3 rings (SSSR count). The van der Waals surface area contributed by atoms with E-state index in [1.54, 1.807) is 11.3 Å². The molecular formula is C13H12BrClN2S. The molecule has 94 valence electrons. The summed E-state index contributed by atoms with van der Waals surface area (Å²) in [5.41, 5.74) is 1.96. The van der Waals surface area contributed by atoms with Gasteiger partial charge >= 0.3 is 0 Å². The Morgan fingerprint density at radius 3 is 3.00 bits per heavy atom. The van der Waals surface area contributed by atoms with Gasteiger partial charge in [0.1, 0.15) is 5.01 Å². The molecular weight excluding hydrogens is 332 g/mol. The Kier molecular flexibility index (Phi) is 3.71. The van der Waals surface area contributed by atoms with Crippen LogP contribution in [0, 0.1) is 0 Å². The van der Waals surface area contributed by atoms with Gasteiger partial charge in [-0.05, 0) is 25.0 Å². The molecule has 2 nitrogen and oxygen atoms in total. The number of halogens is 2. The van der Waals surface area contributed by atoms with E-state index in [-0.39, 0.29) is 0 Å². The number of hydrogen-bond donors (Lipinski definition) is 1. The molecule has 1 aromatic heterocycles. The second-order valence-corrected chi connectivity index (χ2v) is 6.67. The predicted molar refractivity (Wildman–Crippen MR) is 80.1 cm³/mol. The average Bonchev–Trinajstić information content (AvgIpc) is 3.05. The van der Waals surface area contributed by atoms with Gasteiger partial charge in [0.15, 0.2) is 0 Å². The lowest BCUT2D eigenvalue weighted by Crippen LogP contribution is -2.14. The van der Waals surface area contributed by atoms with Gasteiger partial charge in [0.25, 0.3) is 0 Å². The highest BCUT2D eigenvalue weighted by Gasteiger charge is 2.20. The highest BCUT2D eigenvalue weighted by molar-refractivity contribution is 9.10. The summed E-state index contributed by atoms with van der Waals surface area (Å²) < 4.78 is 0.988. The van der Waals surface area contributed by atoms with Crippen molar-refractivity contribution in [2.24, 2.45) is 0 Å². The van der Waals surface area contributed by atoms with Crippen LogP contribution in [0.2, 0.25) is 5.02 Å². The van der Waals surface area contributed by atoms with E-state index in [4.69, 9.17) is 11.6 Å². The van der Waals surface area contributed by atoms with E-state index >= 15 is 0 Å². The zero-order valence-electron chi connectivity index (χ0n) is 9.62. The fourth-order valence-electron chi connectivity index (χ4n) is 1.73. The first-order chi connectivity index (χ1) is 8.72. The number of nitrogens with one attached hydrogen (secondary N) is 1. The zero-order valence-corrected chi connectivity index (χ0v) is 12.8. The van der Waals surface area contributed by atoms with E-state index in [1.165, 1.54) is 12.8 Å². The first-order valence-corrected chi connectivity index (χ1v) is 7.90. The number of rotatable bonds is 4. The minimum atomic E-state index is 0.716. The lowest BCUT2D eigenvalue weighted by Gasteiger charge is -2.01. The standard InChI is InChI=1S/C13H12BrClN2S/c14-8-1-4-10(11(15)5-8)12-7-18-13(17-12)6-16-9-2-3-9/h1,4-5,7,9,16H,2-3,6H2. The topological polar surface area (TPSA) is 24.9 Å². The smallest absolute Gasteiger partial charge is 0.107 e. The predicted octanol–water partition coefficient (Wildman–Crippen LogP) is 4.48. The van der Waals surface area contributed by atoms with Crippen LogP contribution in [-0.2, 0) is 6.54 Å². The summed E-state index contributed by atoms with van der Waals surface area (Å²) in [6, 6.07) is 6.61. The molecule has 0 atom stereocenters. The number of benzene rings is 1. The summed E-state index contributed by atoms with van der Waals surface area (Å²) in [7, 11) is 0. The van der Waals surface area contributed by atoms with Crippen molar-refractivity contribution in [3.8, 4) is 11.3 Å². The summed E-state index contributed by atoms with van der Waals surface area (Å²) >= 11 is 11.3. The van der Waals surface area contributed by atoms with E-state index in [0.29, 0.717) is 6.04 Å². The molecule has 18 heavy (non-hydrogen) atoms. The molecule has 0 saturated heterocycles. The Hall–Kier alpha value is -0.420. The Labute approximate surface area is 124 Å². The van der Waals surface area contributed by atoms with Crippen molar-refractivity contribution in [3.63, 3.8) is 0 Å². The summed E-state index contributed by atoms with van der Waals surface area (Å²) in [6.07, 6.45) is 2.60. The lowest BCUT2D eigenvalue weighted by molar-refractivity contribution is 0.685. The van der Waals surface area contributed by atoms with Crippen LogP contribution in [0.15, 0.2) is 28.1 Å². The minimum absolute atomic E-state index is 0.716. The van der Waals surface area contributed by atoms with Crippen molar-refractivity contribution in [2.45, 2.75) is 25.4 Å². The van der Waals surface area contributed by atoms with Crippen molar-refractivity contribution >= 4 is 38.9 Å². The maximum absolute atomic E-state index is 6.23. The van der Waals surface area contributed by atoms with Crippen molar-refractivity contribution in [3.05, 3.63) is 38.1 Å². The van der Waals surface area contributed by atoms with Crippen molar-refractivity contribution in [1.29, 1.82) is 0 Å². The first-order valence-electron chi connectivity index (χ1n) is 5.85. The summed E-state index contributed by atoms with van der Waals surface area (Å²) in [6.45, 7) is 0.865. The summed E-state index contributed by atoms with van der Waals surface area (Å²) in [4.78, 5) is 4.63. The van der Waals surface area contributed by atoms with E-state index in [1.807, 2.05) is 18.2 Å². The highest BCUT2D eigenvalue weighted by Crippen LogP contribution is 2.31. The molecule has 2 aromatic rings. The van der Waals surface area contributed by atoms with E-state index in [0.717, 1.165) is 32.3 Å². The molecule has 0 amide bonds. The molecule has 0 unspecified atom stereocenters. The molecule has 0 spiro atoms. The van der Waals surface area contributed by atoms with Gasteiger partial charge in [-0.25, -0.2) is 4.98 Å². The van der Waals surface area contributed by atoms with Crippen molar-refractivity contribution in [1.82, 2.24) is 10.3 Å². The molecule has 1 saturated carbocycles. The van der Waals surface area contributed by atoms with Gasteiger partial charge in [0.05, 0.1) is 10.7 Å². The molecule has 1 heterocycles. The van der Waals surface area contributed by atoms with Gasteiger partial charge < -0.3 is 5.32 Å². The van der Waals surface area contributed by atoms with Crippen LogP contribution in [0.4, 0.5) is 0 Å². The van der Waals surface area contributed by atoms with Crippen molar-refractivity contribution in [2.75, 3.05) is 0 Å².